The normalized spacial score (nSPS) is 11.6. The molecule has 0 aromatic heterocycles. The largest absolute Gasteiger partial charge is 0.459 e. The number of nitrogens with zero attached hydrogens (tertiary/aromatic N) is 1. The molecule has 18 heavy (non-hydrogen) atoms. The maximum Gasteiger partial charge on any atom is 0.328 e. The van der Waals surface area contributed by atoms with Gasteiger partial charge in [-0.15, -0.1) is 12.4 Å². The Morgan fingerprint density at radius 3 is 2.33 bits per heavy atom. The van der Waals surface area contributed by atoms with E-state index in [0.717, 1.165) is 5.56 Å². The standard InChI is InChI=1S/C13H18N2O2.ClH/c1-13(2,3)17-11(16)9-15-12(14)10-7-5-4-6-8-10;/h4-8H,9H2,1-3H3,(H2,14,15);1H. The average molecular weight is 271 g/mol. The predicted octanol–water partition coefficient (Wildman–Crippen LogP) is 2.16. The van der Waals surface area contributed by atoms with Crippen LogP contribution < -0.4 is 5.73 Å². The van der Waals surface area contributed by atoms with Crippen molar-refractivity contribution in [2.75, 3.05) is 6.54 Å². The molecular weight excluding hydrogens is 252 g/mol. The Labute approximate surface area is 114 Å². The summed E-state index contributed by atoms with van der Waals surface area (Å²) in [5.41, 5.74) is 6.06. The molecule has 0 fully saturated rings. The van der Waals surface area contributed by atoms with Crippen LogP contribution in [0.15, 0.2) is 35.3 Å². The highest BCUT2D eigenvalue weighted by Crippen LogP contribution is 2.07. The molecule has 0 saturated heterocycles. The lowest BCUT2D eigenvalue weighted by atomic mass is 10.2. The lowest BCUT2D eigenvalue weighted by Gasteiger charge is -2.18. The van der Waals surface area contributed by atoms with Crippen molar-refractivity contribution in [3.8, 4) is 0 Å². The first-order valence-corrected chi connectivity index (χ1v) is 5.46. The second-order valence-corrected chi connectivity index (χ2v) is 4.65. The predicted molar refractivity (Wildman–Crippen MR) is 75.1 cm³/mol. The Balaban J connectivity index is 0.00000289. The molecule has 5 heteroatoms. The highest BCUT2D eigenvalue weighted by molar-refractivity contribution is 5.98. The molecule has 0 heterocycles. The van der Waals surface area contributed by atoms with Gasteiger partial charge in [-0.3, -0.25) is 9.79 Å². The van der Waals surface area contributed by atoms with Crippen molar-refractivity contribution in [3.63, 3.8) is 0 Å². The topological polar surface area (TPSA) is 64.7 Å². The summed E-state index contributed by atoms with van der Waals surface area (Å²) in [6.45, 7) is 5.39. The van der Waals surface area contributed by atoms with Gasteiger partial charge in [-0.25, -0.2) is 0 Å². The van der Waals surface area contributed by atoms with Crippen LogP contribution in [0.1, 0.15) is 26.3 Å². The van der Waals surface area contributed by atoms with E-state index in [1.54, 1.807) is 0 Å². The molecule has 0 saturated carbocycles. The number of halogens is 1. The number of esters is 1. The molecular formula is C13H19ClN2O2. The van der Waals surface area contributed by atoms with Gasteiger partial charge in [0.1, 0.15) is 18.0 Å². The quantitative estimate of drug-likeness (QED) is 0.520. The zero-order chi connectivity index (χ0) is 12.9. The van der Waals surface area contributed by atoms with Crippen LogP contribution in [0.5, 0.6) is 0 Å². The molecule has 2 N–H and O–H groups in total. The molecule has 1 rings (SSSR count). The molecule has 0 bridgehead atoms. The van der Waals surface area contributed by atoms with E-state index in [0.29, 0.717) is 5.84 Å². The fourth-order valence-corrected chi connectivity index (χ4v) is 1.22. The van der Waals surface area contributed by atoms with Gasteiger partial charge in [0, 0.05) is 5.56 Å². The monoisotopic (exact) mass is 270 g/mol. The highest BCUT2D eigenvalue weighted by atomic mass is 35.5. The van der Waals surface area contributed by atoms with Gasteiger partial charge in [0.15, 0.2) is 0 Å². The summed E-state index contributed by atoms with van der Waals surface area (Å²) in [5.74, 6) is -0.0344. The van der Waals surface area contributed by atoms with Crippen LogP contribution in [0.2, 0.25) is 0 Å². The number of benzene rings is 1. The molecule has 0 atom stereocenters. The molecule has 0 unspecified atom stereocenters. The van der Waals surface area contributed by atoms with Crippen LogP contribution in [-0.4, -0.2) is 24.0 Å². The maximum atomic E-state index is 11.4. The number of nitrogens with two attached hydrogens (primary N) is 1. The summed E-state index contributed by atoms with van der Waals surface area (Å²) < 4.78 is 5.12. The van der Waals surface area contributed by atoms with Crippen molar-refractivity contribution in [2.24, 2.45) is 10.7 Å². The highest BCUT2D eigenvalue weighted by Gasteiger charge is 2.15. The molecule has 0 spiro atoms. The van der Waals surface area contributed by atoms with Gasteiger partial charge in [0.05, 0.1) is 0 Å². The Bertz CT molecular complexity index is 411. The Morgan fingerprint density at radius 1 is 1.28 bits per heavy atom. The minimum Gasteiger partial charge on any atom is -0.459 e. The van der Waals surface area contributed by atoms with E-state index in [1.807, 2.05) is 51.1 Å². The second-order valence-electron chi connectivity index (χ2n) is 4.65. The summed E-state index contributed by atoms with van der Waals surface area (Å²) >= 11 is 0. The van der Waals surface area contributed by atoms with Crippen molar-refractivity contribution in [2.45, 2.75) is 26.4 Å². The first-order valence-electron chi connectivity index (χ1n) is 5.46. The van der Waals surface area contributed by atoms with Crippen LogP contribution in [0.3, 0.4) is 0 Å². The molecule has 100 valence electrons. The van der Waals surface area contributed by atoms with E-state index in [4.69, 9.17) is 10.5 Å². The first kappa shape index (κ1) is 16.4. The molecule has 1 aromatic carbocycles. The molecule has 0 aliphatic rings. The first-order chi connectivity index (χ1) is 7.88. The van der Waals surface area contributed by atoms with Crippen LogP contribution >= 0.6 is 12.4 Å². The Morgan fingerprint density at radius 2 is 1.83 bits per heavy atom. The smallest absolute Gasteiger partial charge is 0.328 e. The summed E-state index contributed by atoms with van der Waals surface area (Å²) in [6, 6.07) is 9.31. The summed E-state index contributed by atoms with van der Waals surface area (Å²) in [5, 5.41) is 0. The number of aliphatic imine (C=N–C) groups is 1. The summed E-state index contributed by atoms with van der Waals surface area (Å²) in [4.78, 5) is 15.4. The third-order valence-electron chi connectivity index (χ3n) is 1.87. The van der Waals surface area contributed by atoms with Crippen molar-refractivity contribution in [1.82, 2.24) is 0 Å². The van der Waals surface area contributed by atoms with Gasteiger partial charge in [0.2, 0.25) is 0 Å². The van der Waals surface area contributed by atoms with Crippen molar-refractivity contribution in [3.05, 3.63) is 35.9 Å². The third kappa shape index (κ3) is 6.25. The van der Waals surface area contributed by atoms with Gasteiger partial charge < -0.3 is 10.5 Å². The molecule has 0 amide bonds. The van der Waals surface area contributed by atoms with Crippen LogP contribution in [0, 0.1) is 0 Å². The number of carbonyl (C=O) groups is 1. The van der Waals surface area contributed by atoms with Crippen molar-refractivity contribution in [1.29, 1.82) is 0 Å². The van der Waals surface area contributed by atoms with E-state index in [-0.39, 0.29) is 24.9 Å². The lowest BCUT2D eigenvalue weighted by molar-refractivity contribution is -0.152. The summed E-state index contributed by atoms with van der Waals surface area (Å²) in [7, 11) is 0. The number of hydrogen-bond donors (Lipinski definition) is 1. The van der Waals surface area contributed by atoms with E-state index in [2.05, 4.69) is 4.99 Å². The molecule has 0 radical (unpaired) electrons. The van der Waals surface area contributed by atoms with Gasteiger partial charge >= 0.3 is 5.97 Å². The van der Waals surface area contributed by atoms with Gasteiger partial charge in [-0.2, -0.15) is 0 Å². The molecule has 0 aliphatic carbocycles. The van der Waals surface area contributed by atoms with Gasteiger partial charge in [0.25, 0.3) is 0 Å². The van der Waals surface area contributed by atoms with Crippen LogP contribution in [0.4, 0.5) is 0 Å². The maximum absolute atomic E-state index is 11.4. The van der Waals surface area contributed by atoms with Crippen molar-refractivity contribution >= 4 is 24.2 Å². The molecule has 1 aromatic rings. The van der Waals surface area contributed by atoms with Gasteiger partial charge in [-0.05, 0) is 20.8 Å². The number of amidine groups is 1. The number of hydrogen-bond acceptors (Lipinski definition) is 3. The van der Waals surface area contributed by atoms with Crippen molar-refractivity contribution < 1.29 is 9.53 Å². The Hall–Kier alpha value is -1.55. The number of rotatable bonds is 3. The number of carbonyl (C=O) groups excluding carboxylic acids is 1. The second kappa shape index (κ2) is 7.01. The van der Waals surface area contributed by atoms with E-state index in [9.17, 15) is 4.79 Å². The lowest BCUT2D eigenvalue weighted by Crippen LogP contribution is -2.26. The zero-order valence-electron chi connectivity index (χ0n) is 10.8. The number of ether oxygens (including phenoxy) is 1. The van der Waals surface area contributed by atoms with Gasteiger partial charge in [-0.1, -0.05) is 30.3 Å². The fourth-order valence-electron chi connectivity index (χ4n) is 1.22. The molecule has 0 aliphatic heterocycles. The SMILES string of the molecule is CC(C)(C)OC(=O)CN=C(N)c1ccccc1.Cl. The third-order valence-corrected chi connectivity index (χ3v) is 1.87. The van der Waals surface area contributed by atoms with Crippen LogP contribution in [0.25, 0.3) is 0 Å². The minimum atomic E-state index is -0.492. The zero-order valence-corrected chi connectivity index (χ0v) is 11.7. The van der Waals surface area contributed by atoms with E-state index < -0.39 is 5.60 Å². The molecule has 4 nitrogen and oxygen atoms in total. The Kier molecular flexibility index (Phi) is 6.41. The average Bonchev–Trinajstić information content (AvgIpc) is 2.25. The fraction of sp³-hybridized carbons (Fsp3) is 0.385. The van der Waals surface area contributed by atoms with E-state index in [1.165, 1.54) is 0 Å². The summed E-state index contributed by atoms with van der Waals surface area (Å²) in [6.07, 6.45) is 0. The van der Waals surface area contributed by atoms with E-state index >= 15 is 0 Å². The van der Waals surface area contributed by atoms with Crippen LogP contribution in [-0.2, 0) is 9.53 Å². The minimum absolute atomic E-state index is 0.